The summed E-state index contributed by atoms with van der Waals surface area (Å²) in [6.45, 7) is 7.51. The second-order valence-electron chi connectivity index (χ2n) is 5.46. The van der Waals surface area contributed by atoms with Crippen LogP contribution in [0.15, 0.2) is 12.4 Å². The topological polar surface area (TPSA) is 76.1 Å². The summed E-state index contributed by atoms with van der Waals surface area (Å²) in [4.78, 5) is 19.2. The van der Waals surface area contributed by atoms with Gasteiger partial charge in [-0.3, -0.25) is 4.79 Å². The first-order chi connectivity index (χ1) is 8.90. The highest BCUT2D eigenvalue weighted by atomic mass is 16.5. The Hall–Kier alpha value is -1.85. The molecule has 6 heteroatoms. The summed E-state index contributed by atoms with van der Waals surface area (Å²) in [6.07, 6.45) is 2.50. The molecule has 0 amide bonds. The minimum absolute atomic E-state index is 0.0922. The van der Waals surface area contributed by atoms with Gasteiger partial charge in [-0.1, -0.05) is 20.8 Å². The molecular weight excluding hydrogens is 244 g/mol. The maximum Gasteiger partial charge on any atom is 0.325 e. The lowest BCUT2D eigenvalue weighted by Gasteiger charge is -2.18. The summed E-state index contributed by atoms with van der Waals surface area (Å²) >= 11 is 0. The van der Waals surface area contributed by atoms with Crippen molar-refractivity contribution in [2.75, 3.05) is 30.8 Å². The Morgan fingerprint density at radius 3 is 2.47 bits per heavy atom. The van der Waals surface area contributed by atoms with Gasteiger partial charge in [-0.05, 0) is 11.8 Å². The molecule has 0 saturated heterocycles. The second kappa shape index (κ2) is 6.92. The third-order valence-corrected chi connectivity index (χ3v) is 2.49. The Kier molecular flexibility index (Phi) is 5.54. The molecular formula is C13H22N4O2. The molecule has 1 aromatic rings. The maximum absolute atomic E-state index is 11.0. The summed E-state index contributed by atoms with van der Waals surface area (Å²) in [5, 5.41) is 6.11. The third-order valence-electron chi connectivity index (χ3n) is 2.49. The largest absolute Gasteiger partial charge is 0.468 e. The van der Waals surface area contributed by atoms with Gasteiger partial charge in [0.15, 0.2) is 0 Å². The molecule has 0 saturated carbocycles. The number of aromatic nitrogens is 2. The molecule has 0 fully saturated rings. The number of esters is 1. The van der Waals surface area contributed by atoms with Crippen molar-refractivity contribution in [1.29, 1.82) is 0 Å². The van der Waals surface area contributed by atoms with Crippen LogP contribution >= 0.6 is 0 Å². The van der Waals surface area contributed by atoms with Crippen molar-refractivity contribution in [2.45, 2.75) is 27.2 Å². The summed E-state index contributed by atoms with van der Waals surface area (Å²) in [6, 6.07) is 1.77. The lowest BCUT2D eigenvalue weighted by molar-refractivity contribution is -0.138. The van der Waals surface area contributed by atoms with Gasteiger partial charge in [-0.2, -0.15) is 0 Å². The Labute approximate surface area is 114 Å². The predicted molar refractivity (Wildman–Crippen MR) is 75.1 cm³/mol. The van der Waals surface area contributed by atoms with Crippen molar-refractivity contribution in [2.24, 2.45) is 5.41 Å². The predicted octanol–water partition coefficient (Wildman–Crippen LogP) is 1.91. The van der Waals surface area contributed by atoms with Crippen molar-refractivity contribution in [3.8, 4) is 0 Å². The smallest absolute Gasteiger partial charge is 0.325 e. The summed E-state index contributed by atoms with van der Waals surface area (Å²) in [7, 11) is 1.35. The molecule has 0 radical (unpaired) electrons. The number of nitrogens with zero attached hydrogens (tertiary/aromatic N) is 2. The van der Waals surface area contributed by atoms with Gasteiger partial charge in [0.1, 0.15) is 24.5 Å². The Morgan fingerprint density at radius 1 is 1.26 bits per heavy atom. The van der Waals surface area contributed by atoms with E-state index in [1.807, 2.05) is 0 Å². The second-order valence-corrected chi connectivity index (χ2v) is 5.46. The van der Waals surface area contributed by atoms with E-state index in [1.165, 1.54) is 13.4 Å². The molecule has 106 valence electrons. The third kappa shape index (κ3) is 6.59. The number of nitrogens with one attached hydrogen (secondary N) is 2. The van der Waals surface area contributed by atoms with Gasteiger partial charge >= 0.3 is 5.97 Å². The lowest BCUT2D eigenvalue weighted by atomic mass is 9.92. The number of ether oxygens (including phenoxy) is 1. The van der Waals surface area contributed by atoms with Crippen LogP contribution in [0.4, 0.5) is 11.6 Å². The molecule has 0 atom stereocenters. The van der Waals surface area contributed by atoms with E-state index in [9.17, 15) is 4.79 Å². The first kappa shape index (κ1) is 15.2. The monoisotopic (exact) mass is 266 g/mol. The number of anilines is 2. The standard InChI is InChI=1S/C13H22N4O2/c1-13(2,3)5-6-14-10-7-11(17-9-16-10)15-8-12(18)19-4/h7,9H,5-6,8H2,1-4H3,(H2,14,15,16,17). The van der Waals surface area contributed by atoms with Crippen LogP contribution in [0.3, 0.4) is 0 Å². The van der Waals surface area contributed by atoms with Gasteiger partial charge in [0.05, 0.1) is 7.11 Å². The lowest BCUT2D eigenvalue weighted by Crippen LogP contribution is -2.16. The molecule has 1 rings (SSSR count). The van der Waals surface area contributed by atoms with Gasteiger partial charge in [-0.15, -0.1) is 0 Å². The van der Waals surface area contributed by atoms with E-state index in [1.54, 1.807) is 6.07 Å². The van der Waals surface area contributed by atoms with Gasteiger partial charge in [0.2, 0.25) is 0 Å². The van der Waals surface area contributed by atoms with E-state index in [0.717, 1.165) is 18.8 Å². The SMILES string of the molecule is COC(=O)CNc1cc(NCCC(C)(C)C)ncn1. The molecule has 0 aliphatic heterocycles. The minimum atomic E-state index is -0.333. The van der Waals surface area contributed by atoms with Crippen LogP contribution in [0.25, 0.3) is 0 Å². The van der Waals surface area contributed by atoms with Crippen LogP contribution < -0.4 is 10.6 Å². The van der Waals surface area contributed by atoms with E-state index in [0.29, 0.717) is 5.82 Å². The summed E-state index contributed by atoms with van der Waals surface area (Å²) in [5.74, 6) is 1.01. The molecule has 0 spiro atoms. The van der Waals surface area contributed by atoms with E-state index >= 15 is 0 Å². The number of hydrogen-bond donors (Lipinski definition) is 2. The first-order valence-electron chi connectivity index (χ1n) is 6.27. The van der Waals surface area contributed by atoms with Crippen molar-refractivity contribution in [1.82, 2.24) is 9.97 Å². The molecule has 0 aliphatic carbocycles. The number of carbonyl (C=O) groups is 1. The number of methoxy groups -OCH3 is 1. The fourth-order valence-corrected chi connectivity index (χ4v) is 1.35. The van der Waals surface area contributed by atoms with E-state index < -0.39 is 0 Å². The fraction of sp³-hybridized carbons (Fsp3) is 0.615. The normalized spacial score (nSPS) is 10.9. The van der Waals surface area contributed by atoms with E-state index in [-0.39, 0.29) is 17.9 Å². The van der Waals surface area contributed by atoms with E-state index in [4.69, 9.17) is 0 Å². The van der Waals surface area contributed by atoms with Crippen LogP contribution in [0, 0.1) is 5.41 Å². The average Bonchev–Trinajstić information content (AvgIpc) is 2.35. The molecule has 0 unspecified atom stereocenters. The molecule has 19 heavy (non-hydrogen) atoms. The zero-order valence-corrected chi connectivity index (χ0v) is 12.0. The van der Waals surface area contributed by atoms with Crippen LogP contribution in [0.5, 0.6) is 0 Å². The zero-order valence-electron chi connectivity index (χ0n) is 12.0. The molecule has 1 aromatic heterocycles. The zero-order chi connectivity index (χ0) is 14.3. The van der Waals surface area contributed by atoms with Crippen molar-refractivity contribution in [3.63, 3.8) is 0 Å². The van der Waals surface area contributed by atoms with Crippen LogP contribution in [0.1, 0.15) is 27.2 Å². The first-order valence-corrected chi connectivity index (χ1v) is 6.27. The minimum Gasteiger partial charge on any atom is -0.468 e. The molecule has 2 N–H and O–H groups in total. The van der Waals surface area contributed by atoms with Crippen LogP contribution in [-0.2, 0) is 9.53 Å². The van der Waals surface area contributed by atoms with Gasteiger partial charge < -0.3 is 15.4 Å². The van der Waals surface area contributed by atoms with Crippen molar-refractivity contribution < 1.29 is 9.53 Å². The van der Waals surface area contributed by atoms with Gasteiger partial charge in [-0.25, -0.2) is 9.97 Å². The summed E-state index contributed by atoms with van der Waals surface area (Å²) < 4.78 is 4.54. The Bertz CT molecular complexity index is 415. The highest BCUT2D eigenvalue weighted by Crippen LogP contribution is 2.18. The van der Waals surface area contributed by atoms with Crippen molar-refractivity contribution in [3.05, 3.63) is 12.4 Å². The maximum atomic E-state index is 11.0. The molecule has 1 heterocycles. The Morgan fingerprint density at radius 2 is 1.89 bits per heavy atom. The molecule has 6 nitrogen and oxygen atoms in total. The molecule has 0 aliphatic rings. The molecule has 0 aromatic carbocycles. The van der Waals surface area contributed by atoms with Crippen LogP contribution in [-0.4, -0.2) is 36.1 Å². The average molecular weight is 266 g/mol. The highest BCUT2D eigenvalue weighted by Gasteiger charge is 2.09. The number of carbonyl (C=O) groups excluding carboxylic acids is 1. The van der Waals surface area contributed by atoms with Crippen molar-refractivity contribution >= 4 is 17.6 Å². The fourth-order valence-electron chi connectivity index (χ4n) is 1.35. The molecule has 0 bridgehead atoms. The van der Waals surface area contributed by atoms with Crippen LogP contribution in [0.2, 0.25) is 0 Å². The van der Waals surface area contributed by atoms with Gasteiger partial charge in [0.25, 0.3) is 0 Å². The Balaban J connectivity index is 2.45. The van der Waals surface area contributed by atoms with Gasteiger partial charge in [0, 0.05) is 12.6 Å². The quantitative estimate of drug-likeness (QED) is 0.766. The number of rotatable bonds is 6. The van der Waals surface area contributed by atoms with E-state index in [2.05, 4.69) is 46.1 Å². The highest BCUT2D eigenvalue weighted by molar-refractivity contribution is 5.74. The summed E-state index contributed by atoms with van der Waals surface area (Å²) in [5.41, 5.74) is 0.284. The number of hydrogen-bond acceptors (Lipinski definition) is 6.